The average Bonchev–Trinajstić information content (AvgIpc) is 2.63. The zero-order valence-electron chi connectivity index (χ0n) is 14.5. The van der Waals surface area contributed by atoms with Gasteiger partial charge in [0.25, 0.3) is 0 Å². The third-order valence-corrected chi connectivity index (χ3v) is 5.06. The number of carboxylic acid groups (broad SMARTS) is 1. The third-order valence-electron chi connectivity index (χ3n) is 5.06. The fourth-order valence-electron chi connectivity index (χ4n) is 3.83. The lowest BCUT2D eigenvalue weighted by molar-refractivity contribution is -0.385. The van der Waals surface area contributed by atoms with Gasteiger partial charge in [-0.25, -0.2) is 14.8 Å². The molecular weight excluding hydrogens is 340 g/mol. The minimum Gasteiger partial charge on any atom is -0.465 e. The summed E-state index contributed by atoms with van der Waals surface area (Å²) in [6.45, 7) is 1.51. The van der Waals surface area contributed by atoms with Crippen LogP contribution in [0.1, 0.15) is 38.5 Å². The Kier molecular flexibility index (Phi) is 5.82. The second kappa shape index (κ2) is 8.26. The van der Waals surface area contributed by atoms with E-state index in [0.717, 1.165) is 45.1 Å². The van der Waals surface area contributed by atoms with Gasteiger partial charge in [-0.05, 0) is 25.7 Å². The highest BCUT2D eigenvalue weighted by molar-refractivity contribution is 5.65. The smallest absolute Gasteiger partial charge is 0.404 e. The Labute approximate surface area is 151 Å². The van der Waals surface area contributed by atoms with Crippen molar-refractivity contribution < 1.29 is 14.8 Å². The maximum Gasteiger partial charge on any atom is 0.404 e. The van der Waals surface area contributed by atoms with Crippen LogP contribution in [0.15, 0.2) is 12.4 Å². The van der Waals surface area contributed by atoms with Gasteiger partial charge in [-0.3, -0.25) is 10.1 Å². The standard InChI is InChI=1S/C16H24N6O4/c23-16(24)20-14-6-2-1-5-13(14)19-11-4-3-7-21(10-11)15-17-8-12(9-18-15)22(25)26/h8-9,11,13-14,19-20H,1-7,10H2,(H,23,24)/t11-,13+,14+/m0/s1. The number of anilines is 1. The number of rotatable bonds is 5. The molecule has 2 aliphatic rings. The molecule has 0 spiro atoms. The first kappa shape index (κ1) is 18.3. The van der Waals surface area contributed by atoms with Crippen molar-refractivity contribution in [2.24, 2.45) is 0 Å². The Bertz CT molecular complexity index is 640. The summed E-state index contributed by atoms with van der Waals surface area (Å²) in [5.74, 6) is 0.492. The summed E-state index contributed by atoms with van der Waals surface area (Å²) in [5.41, 5.74) is -0.120. The predicted octanol–water partition coefficient (Wildman–Crippen LogP) is 1.52. The molecule has 0 aromatic carbocycles. The van der Waals surface area contributed by atoms with Crippen molar-refractivity contribution >= 4 is 17.7 Å². The minimum atomic E-state index is -0.978. The summed E-state index contributed by atoms with van der Waals surface area (Å²) in [4.78, 5) is 31.5. The summed E-state index contributed by atoms with van der Waals surface area (Å²) < 4.78 is 0. The normalized spacial score (nSPS) is 26.3. The maximum atomic E-state index is 11.0. The van der Waals surface area contributed by atoms with E-state index in [0.29, 0.717) is 12.5 Å². The number of nitrogens with one attached hydrogen (secondary N) is 2. The van der Waals surface area contributed by atoms with Gasteiger partial charge in [0.05, 0.1) is 4.92 Å². The molecule has 1 saturated heterocycles. The molecule has 10 heteroatoms. The molecule has 1 aromatic heterocycles. The molecule has 142 valence electrons. The van der Waals surface area contributed by atoms with Crippen LogP contribution in [-0.4, -0.2) is 57.3 Å². The zero-order chi connectivity index (χ0) is 18.5. The van der Waals surface area contributed by atoms with Gasteiger partial charge < -0.3 is 20.6 Å². The van der Waals surface area contributed by atoms with E-state index in [1.807, 2.05) is 4.90 Å². The SMILES string of the molecule is O=C(O)N[C@@H]1CCCC[C@H]1N[C@H]1CCCN(c2ncc([N+](=O)[O-])cn2)C1. The molecule has 0 unspecified atom stereocenters. The Balaban J connectivity index is 1.60. The topological polar surface area (TPSA) is 134 Å². The fraction of sp³-hybridized carbons (Fsp3) is 0.688. The summed E-state index contributed by atoms with van der Waals surface area (Å²) in [6.07, 6.45) is 7.38. The maximum absolute atomic E-state index is 11.0. The van der Waals surface area contributed by atoms with E-state index in [1.165, 1.54) is 12.4 Å². The number of nitro groups is 1. The predicted molar refractivity (Wildman–Crippen MR) is 94.3 cm³/mol. The van der Waals surface area contributed by atoms with E-state index in [1.54, 1.807) is 0 Å². The van der Waals surface area contributed by atoms with Gasteiger partial charge in [-0.2, -0.15) is 0 Å². The number of piperidine rings is 1. The molecule has 10 nitrogen and oxygen atoms in total. The first-order valence-corrected chi connectivity index (χ1v) is 9.00. The second-order valence-electron chi connectivity index (χ2n) is 6.90. The fourth-order valence-corrected chi connectivity index (χ4v) is 3.83. The van der Waals surface area contributed by atoms with Gasteiger partial charge in [0, 0.05) is 31.2 Å². The molecule has 26 heavy (non-hydrogen) atoms. The highest BCUT2D eigenvalue weighted by Crippen LogP contribution is 2.22. The van der Waals surface area contributed by atoms with Crippen LogP contribution in [0.4, 0.5) is 16.4 Å². The van der Waals surface area contributed by atoms with Gasteiger partial charge in [-0.15, -0.1) is 0 Å². The summed E-state index contributed by atoms with van der Waals surface area (Å²) in [7, 11) is 0. The summed E-state index contributed by atoms with van der Waals surface area (Å²) >= 11 is 0. The molecular formula is C16H24N6O4. The molecule has 2 fully saturated rings. The number of nitrogens with zero attached hydrogens (tertiary/aromatic N) is 4. The van der Waals surface area contributed by atoms with Crippen LogP contribution >= 0.6 is 0 Å². The van der Waals surface area contributed by atoms with Crippen molar-refractivity contribution in [1.82, 2.24) is 20.6 Å². The van der Waals surface area contributed by atoms with Crippen LogP contribution in [0, 0.1) is 10.1 Å². The Morgan fingerprint density at radius 3 is 2.54 bits per heavy atom. The summed E-state index contributed by atoms with van der Waals surface area (Å²) in [6, 6.07) is 0.276. The number of aromatic nitrogens is 2. The van der Waals surface area contributed by atoms with E-state index in [4.69, 9.17) is 5.11 Å². The van der Waals surface area contributed by atoms with Crippen molar-refractivity contribution in [3.63, 3.8) is 0 Å². The lowest BCUT2D eigenvalue weighted by Gasteiger charge is -2.39. The highest BCUT2D eigenvalue weighted by Gasteiger charge is 2.30. The van der Waals surface area contributed by atoms with E-state index in [-0.39, 0.29) is 23.8 Å². The van der Waals surface area contributed by atoms with Crippen molar-refractivity contribution in [2.45, 2.75) is 56.7 Å². The van der Waals surface area contributed by atoms with Gasteiger partial charge in [0.1, 0.15) is 12.4 Å². The first-order chi connectivity index (χ1) is 12.5. The van der Waals surface area contributed by atoms with Crippen molar-refractivity contribution in [3.8, 4) is 0 Å². The molecule has 3 rings (SSSR count). The van der Waals surface area contributed by atoms with Gasteiger partial charge in [0.15, 0.2) is 0 Å². The molecule has 1 aliphatic carbocycles. The van der Waals surface area contributed by atoms with Gasteiger partial charge in [-0.1, -0.05) is 12.8 Å². The Hall–Kier alpha value is -2.49. The third kappa shape index (κ3) is 4.57. The van der Waals surface area contributed by atoms with E-state index >= 15 is 0 Å². The van der Waals surface area contributed by atoms with Crippen LogP contribution in [-0.2, 0) is 0 Å². The number of amides is 1. The molecule has 3 N–H and O–H groups in total. The molecule has 0 radical (unpaired) electrons. The minimum absolute atomic E-state index is 0.0627. The lowest BCUT2D eigenvalue weighted by Crippen LogP contribution is -2.57. The van der Waals surface area contributed by atoms with Crippen LogP contribution in [0.3, 0.4) is 0 Å². The molecule has 1 aliphatic heterocycles. The summed E-state index contributed by atoms with van der Waals surface area (Å²) in [5, 5.41) is 26.0. The molecule has 1 aromatic rings. The number of hydrogen-bond acceptors (Lipinski definition) is 7. The van der Waals surface area contributed by atoms with Crippen LogP contribution in [0.2, 0.25) is 0 Å². The molecule has 2 heterocycles. The molecule has 1 saturated carbocycles. The largest absolute Gasteiger partial charge is 0.465 e. The molecule has 1 amide bonds. The average molecular weight is 364 g/mol. The van der Waals surface area contributed by atoms with Crippen LogP contribution in [0.5, 0.6) is 0 Å². The van der Waals surface area contributed by atoms with Crippen molar-refractivity contribution in [2.75, 3.05) is 18.0 Å². The Morgan fingerprint density at radius 2 is 1.88 bits per heavy atom. The van der Waals surface area contributed by atoms with E-state index in [2.05, 4.69) is 20.6 Å². The quantitative estimate of drug-likeness (QED) is 0.529. The van der Waals surface area contributed by atoms with Gasteiger partial charge in [0.2, 0.25) is 5.95 Å². The van der Waals surface area contributed by atoms with Crippen LogP contribution in [0.25, 0.3) is 0 Å². The number of hydrogen-bond donors (Lipinski definition) is 3. The monoisotopic (exact) mass is 364 g/mol. The van der Waals surface area contributed by atoms with Crippen molar-refractivity contribution in [1.29, 1.82) is 0 Å². The Morgan fingerprint density at radius 1 is 1.19 bits per heavy atom. The first-order valence-electron chi connectivity index (χ1n) is 9.00. The number of carbonyl (C=O) groups is 1. The zero-order valence-corrected chi connectivity index (χ0v) is 14.5. The van der Waals surface area contributed by atoms with E-state index < -0.39 is 11.0 Å². The van der Waals surface area contributed by atoms with E-state index in [9.17, 15) is 14.9 Å². The van der Waals surface area contributed by atoms with Crippen molar-refractivity contribution in [3.05, 3.63) is 22.5 Å². The highest BCUT2D eigenvalue weighted by atomic mass is 16.6. The lowest BCUT2D eigenvalue weighted by atomic mass is 9.89. The van der Waals surface area contributed by atoms with Gasteiger partial charge >= 0.3 is 11.8 Å². The molecule has 3 atom stereocenters. The molecule has 0 bridgehead atoms. The second-order valence-corrected chi connectivity index (χ2v) is 6.90. The van der Waals surface area contributed by atoms with Crippen LogP contribution < -0.4 is 15.5 Å².